The highest BCUT2D eigenvalue weighted by Crippen LogP contribution is 2.34. The fourth-order valence-electron chi connectivity index (χ4n) is 3.35. The highest BCUT2D eigenvalue weighted by atomic mass is 16.2. The van der Waals surface area contributed by atoms with Gasteiger partial charge in [-0.25, -0.2) is 0 Å². The van der Waals surface area contributed by atoms with E-state index in [0.717, 1.165) is 18.5 Å². The Balaban J connectivity index is 1.63. The van der Waals surface area contributed by atoms with Crippen molar-refractivity contribution < 1.29 is 4.79 Å². The number of rotatable bonds is 4. The smallest absolute Gasteiger partial charge is 0.238 e. The SMILES string of the molecule is Cc1ccc(NC(=O)CN(C)[C@@H]2CCc3ccccc32)cc1C. The van der Waals surface area contributed by atoms with Crippen molar-refractivity contribution in [3.8, 4) is 0 Å². The minimum Gasteiger partial charge on any atom is -0.325 e. The van der Waals surface area contributed by atoms with E-state index in [2.05, 4.69) is 48.3 Å². The molecule has 0 saturated carbocycles. The third-order valence-corrected chi connectivity index (χ3v) is 4.82. The largest absolute Gasteiger partial charge is 0.325 e. The van der Waals surface area contributed by atoms with Gasteiger partial charge in [0.05, 0.1) is 6.54 Å². The summed E-state index contributed by atoms with van der Waals surface area (Å²) in [5, 5.41) is 3.01. The highest BCUT2D eigenvalue weighted by Gasteiger charge is 2.26. The monoisotopic (exact) mass is 308 g/mol. The summed E-state index contributed by atoms with van der Waals surface area (Å²) in [6, 6.07) is 14.9. The molecular formula is C20H24N2O. The zero-order valence-electron chi connectivity index (χ0n) is 14.1. The molecule has 1 aliphatic rings. The van der Waals surface area contributed by atoms with Gasteiger partial charge in [0.15, 0.2) is 0 Å². The van der Waals surface area contributed by atoms with Crippen LogP contribution in [0.25, 0.3) is 0 Å². The Kier molecular flexibility index (Phi) is 4.49. The summed E-state index contributed by atoms with van der Waals surface area (Å²) >= 11 is 0. The van der Waals surface area contributed by atoms with Crippen LogP contribution in [0.5, 0.6) is 0 Å². The number of fused-ring (bicyclic) bond motifs is 1. The summed E-state index contributed by atoms with van der Waals surface area (Å²) in [5.41, 5.74) is 6.09. The van der Waals surface area contributed by atoms with E-state index in [1.807, 2.05) is 25.2 Å². The van der Waals surface area contributed by atoms with Gasteiger partial charge in [0.25, 0.3) is 0 Å². The summed E-state index contributed by atoms with van der Waals surface area (Å²) in [7, 11) is 2.03. The van der Waals surface area contributed by atoms with Gasteiger partial charge in [-0.2, -0.15) is 0 Å². The molecule has 0 unspecified atom stereocenters. The number of nitrogens with zero attached hydrogens (tertiary/aromatic N) is 1. The Labute approximate surface area is 138 Å². The first-order valence-electron chi connectivity index (χ1n) is 8.20. The van der Waals surface area contributed by atoms with Gasteiger partial charge in [-0.1, -0.05) is 30.3 Å². The summed E-state index contributed by atoms with van der Waals surface area (Å²) in [6.45, 7) is 4.55. The fourth-order valence-corrected chi connectivity index (χ4v) is 3.35. The minimum atomic E-state index is 0.0418. The normalized spacial score (nSPS) is 16.4. The zero-order valence-corrected chi connectivity index (χ0v) is 14.1. The molecule has 3 rings (SSSR count). The molecule has 0 spiro atoms. The Hall–Kier alpha value is -2.13. The molecule has 1 N–H and O–H groups in total. The van der Waals surface area contributed by atoms with Crippen molar-refractivity contribution in [2.45, 2.75) is 32.7 Å². The van der Waals surface area contributed by atoms with Gasteiger partial charge in [-0.3, -0.25) is 9.69 Å². The van der Waals surface area contributed by atoms with Gasteiger partial charge in [0.1, 0.15) is 0 Å². The van der Waals surface area contributed by atoms with E-state index >= 15 is 0 Å². The summed E-state index contributed by atoms with van der Waals surface area (Å²) in [4.78, 5) is 14.5. The predicted octanol–water partition coefficient (Wildman–Crippen LogP) is 3.86. The maximum Gasteiger partial charge on any atom is 0.238 e. The lowest BCUT2D eigenvalue weighted by Gasteiger charge is -2.24. The Morgan fingerprint density at radius 3 is 2.74 bits per heavy atom. The van der Waals surface area contributed by atoms with Crippen molar-refractivity contribution >= 4 is 11.6 Å². The second-order valence-electron chi connectivity index (χ2n) is 6.52. The van der Waals surface area contributed by atoms with Crippen LogP contribution >= 0.6 is 0 Å². The molecule has 2 aromatic rings. The molecule has 120 valence electrons. The second kappa shape index (κ2) is 6.55. The molecule has 0 radical (unpaired) electrons. The van der Waals surface area contributed by atoms with Crippen molar-refractivity contribution in [3.63, 3.8) is 0 Å². The number of carbonyl (C=O) groups excluding carboxylic acids is 1. The Morgan fingerprint density at radius 2 is 1.96 bits per heavy atom. The number of aryl methyl sites for hydroxylation is 3. The predicted molar refractivity (Wildman–Crippen MR) is 94.7 cm³/mol. The molecule has 1 amide bonds. The first-order valence-corrected chi connectivity index (χ1v) is 8.20. The first kappa shape index (κ1) is 15.8. The lowest BCUT2D eigenvalue weighted by molar-refractivity contribution is -0.117. The van der Waals surface area contributed by atoms with E-state index in [1.165, 1.54) is 22.3 Å². The molecular weight excluding hydrogens is 284 g/mol. The van der Waals surface area contributed by atoms with Crippen molar-refractivity contribution in [2.75, 3.05) is 18.9 Å². The van der Waals surface area contributed by atoms with Crippen LogP contribution in [0.15, 0.2) is 42.5 Å². The molecule has 3 heteroatoms. The summed E-state index contributed by atoms with van der Waals surface area (Å²) in [6.07, 6.45) is 2.19. The van der Waals surface area contributed by atoms with Gasteiger partial charge in [-0.15, -0.1) is 0 Å². The summed E-state index contributed by atoms with van der Waals surface area (Å²) in [5.74, 6) is 0.0418. The third-order valence-electron chi connectivity index (χ3n) is 4.82. The molecule has 2 aromatic carbocycles. The number of carbonyl (C=O) groups is 1. The molecule has 0 saturated heterocycles. The number of amides is 1. The van der Waals surface area contributed by atoms with Gasteiger partial charge in [0, 0.05) is 11.7 Å². The molecule has 23 heavy (non-hydrogen) atoms. The number of hydrogen-bond donors (Lipinski definition) is 1. The lowest BCUT2D eigenvalue weighted by atomic mass is 10.1. The number of likely N-dealkylation sites (N-methyl/N-ethyl adjacent to an activating group) is 1. The molecule has 0 aliphatic heterocycles. The molecule has 3 nitrogen and oxygen atoms in total. The van der Waals surface area contributed by atoms with Crippen LogP contribution in [0, 0.1) is 13.8 Å². The summed E-state index contributed by atoms with van der Waals surface area (Å²) < 4.78 is 0. The molecule has 0 bridgehead atoms. The maximum absolute atomic E-state index is 12.3. The van der Waals surface area contributed by atoms with Crippen molar-refractivity contribution in [1.29, 1.82) is 0 Å². The molecule has 1 atom stereocenters. The van der Waals surface area contributed by atoms with Crippen LogP contribution in [-0.2, 0) is 11.2 Å². The average Bonchev–Trinajstić information content (AvgIpc) is 2.95. The lowest BCUT2D eigenvalue weighted by Crippen LogP contribution is -2.32. The number of anilines is 1. The minimum absolute atomic E-state index is 0.0418. The highest BCUT2D eigenvalue weighted by molar-refractivity contribution is 5.92. The Morgan fingerprint density at radius 1 is 1.17 bits per heavy atom. The van der Waals surface area contributed by atoms with E-state index in [-0.39, 0.29) is 5.91 Å². The van der Waals surface area contributed by atoms with Crippen molar-refractivity contribution in [1.82, 2.24) is 4.90 Å². The number of hydrogen-bond acceptors (Lipinski definition) is 2. The molecule has 1 aliphatic carbocycles. The van der Waals surface area contributed by atoms with Gasteiger partial charge in [-0.05, 0) is 68.1 Å². The quantitative estimate of drug-likeness (QED) is 0.930. The molecule has 0 fully saturated rings. The van der Waals surface area contributed by atoms with E-state index in [1.54, 1.807) is 0 Å². The average molecular weight is 308 g/mol. The molecule has 0 heterocycles. The van der Waals surface area contributed by atoms with E-state index in [0.29, 0.717) is 12.6 Å². The number of benzene rings is 2. The third kappa shape index (κ3) is 3.45. The molecule has 0 aromatic heterocycles. The standard InChI is InChI=1S/C20H24N2O/c1-14-8-10-17(12-15(14)2)21-20(23)13-22(3)19-11-9-16-6-4-5-7-18(16)19/h4-8,10,12,19H,9,11,13H2,1-3H3,(H,21,23)/t19-/m1/s1. The maximum atomic E-state index is 12.3. The second-order valence-corrected chi connectivity index (χ2v) is 6.52. The van der Waals surface area contributed by atoms with Crippen molar-refractivity contribution in [3.05, 3.63) is 64.7 Å². The fraction of sp³-hybridized carbons (Fsp3) is 0.350. The van der Waals surface area contributed by atoms with Crippen LogP contribution < -0.4 is 5.32 Å². The van der Waals surface area contributed by atoms with E-state index in [4.69, 9.17) is 0 Å². The van der Waals surface area contributed by atoms with Gasteiger partial charge >= 0.3 is 0 Å². The van der Waals surface area contributed by atoms with Crippen LogP contribution in [0.2, 0.25) is 0 Å². The Bertz CT molecular complexity index is 723. The van der Waals surface area contributed by atoms with Crippen LogP contribution in [0.3, 0.4) is 0 Å². The van der Waals surface area contributed by atoms with Crippen LogP contribution in [0.1, 0.15) is 34.7 Å². The van der Waals surface area contributed by atoms with E-state index in [9.17, 15) is 4.79 Å². The van der Waals surface area contributed by atoms with Gasteiger partial charge in [0.2, 0.25) is 5.91 Å². The van der Waals surface area contributed by atoms with Crippen LogP contribution in [-0.4, -0.2) is 24.4 Å². The topological polar surface area (TPSA) is 32.3 Å². The van der Waals surface area contributed by atoms with Crippen LogP contribution in [0.4, 0.5) is 5.69 Å². The number of nitrogens with one attached hydrogen (secondary N) is 1. The zero-order chi connectivity index (χ0) is 16.4. The van der Waals surface area contributed by atoms with E-state index < -0.39 is 0 Å². The van der Waals surface area contributed by atoms with Crippen molar-refractivity contribution in [2.24, 2.45) is 0 Å². The van der Waals surface area contributed by atoms with Gasteiger partial charge < -0.3 is 5.32 Å². The first-order chi connectivity index (χ1) is 11.0.